The predicted molar refractivity (Wildman–Crippen MR) is 82.1 cm³/mol. The van der Waals surface area contributed by atoms with Crippen molar-refractivity contribution in [1.82, 2.24) is 10.1 Å². The van der Waals surface area contributed by atoms with E-state index in [0.717, 1.165) is 31.7 Å². The lowest BCUT2D eigenvalue weighted by Crippen LogP contribution is -2.31. The highest BCUT2D eigenvalue weighted by Crippen LogP contribution is 2.26. The van der Waals surface area contributed by atoms with Crippen molar-refractivity contribution in [3.63, 3.8) is 0 Å². The summed E-state index contributed by atoms with van der Waals surface area (Å²) in [6, 6.07) is 7.48. The van der Waals surface area contributed by atoms with Crippen LogP contribution in [0.4, 0.5) is 5.69 Å². The molecule has 0 spiro atoms. The molecule has 1 aliphatic rings. The Kier molecular flexibility index (Phi) is 4.11. The van der Waals surface area contributed by atoms with Crippen molar-refractivity contribution in [3.05, 3.63) is 41.2 Å². The lowest BCUT2D eigenvalue weighted by atomic mass is 9.97. The van der Waals surface area contributed by atoms with Gasteiger partial charge in [0.05, 0.1) is 13.2 Å². The SMILES string of the molecule is CCN1CCc2c(cccc2NC(=O)c2cc(OC)no2)C1. The highest BCUT2D eigenvalue weighted by molar-refractivity contribution is 6.02. The molecule has 6 heteroatoms. The molecule has 1 amide bonds. The van der Waals surface area contributed by atoms with E-state index in [1.807, 2.05) is 12.1 Å². The number of hydrogen-bond acceptors (Lipinski definition) is 5. The number of nitrogens with zero attached hydrogens (tertiary/aromatic N) is 2. The molecule has 0 saturated heterocycles. The van der Waals surface area contributed by atoms with Gasteiger partial charge in [-0.15, -0.1) is 0 Å². The molecule has 3 rings (SSSR count). The number of benzene rings is 1. The van der Waals surface area contributed by atoms with Crippen molar-refractivity contribution >= 4 is 11.6 Å². The van der Waals surface area contributed by atoms with Gasteiger partial charge < -0.3 is 14.6 Å². The average molecular weight is 301 g/mol. The summed E-state index contributed by atoms with van der Waals surface area (Å²) in [6.07, 6.45) is 0.930. The predicted octanol–water partition coefficient (Wildman–Crippen LogP) is 2.31. The molecule has 2 aromatic rings. The zero-order valence-corrected chi connectivity index (χ0v) is 12.8. The smallest absolute Gasteiger partial charge is 0.294 e. The number of ether oxygens (including phenoxy) is 1. The molecule has 116 valence electrons. The van der Waals surface area contributed by atoms with E-state index in [4.69, 9.17) is 9.26 Å². The van der Waals surface area contributed by atoms with Crippen LogP contribution in [-0.2, 0) is 13.0 Å². The number of amides is 1. The van der Waals surface area contributed by atoms with Crippen LogP contribution < -0.4 is 10.1 Å². The zero-order valence-electron chi connectivity index (χ0n) is 12.8. The summed E-state index contributed by atoms with van der Waals surface area (Å²) < 4.78 is 9.89. The molecule has 22 heavy (non-hydrogen) atoms. The third kappa shape index (κ3) is 2.82. The molecular weight excluding hydrogens is 282 g/mol. The molecule has 0 atom stereocenters. The molecule has 0 fully saturated rings. The van der Waals surface area contributed by atoms with Crippen molar-refractivity contribution in [2.75, 3.05) is 25.5 Å². The second kappa shape index (κ2) is 6.19. The molecule has 0 aliphatic carbocycles. The van der Waals surface area contributed by atoms with Gasteiger partial charge in [0.2, 0.25) is 5.76 Å². The minimum atomic E-state index is -0.317. The normalized spacial score (nSPS) is 14.5. The highest BCUT2D eigenvalue weighted by atomic mass is 16.5. The van der Waals surface area contributed by atoms with E-state index in [0.29, 0.717) is 5.88 Å². The van der Waals surface area contributed by atoms with E-state index in [1.165, 1.54) is 24.3 Å². The third-order valence-electron chi connectivity index (χ3n) is 3.96. The minimum Gasteiger partial charge on any atom is -0.479 e. The molecule has 1 aromatic heterocycles. The topological polar surface area (TPSA) is 67.6 Å². The van der Waals surface area contributed by atoms with Gasteiger partial charge in [0.25, 0.3) is 11.8 Å². The van der Waals surface area contributed by atoms with Crippen LogP contribution in [0.2, 0.25) is 0 Å². The number of aromatic nitrogens is 1. The van der Waals surface area contributed by atoms with Crippen LogP contribution in [0.15, 0.2) is 28.8 Å². The molecule has 0 radical (unpaired) electrons. The van der Waals surface area contributed by atoms with Gasteiger partial charge in [-0.3, -0.25) is 9.69 Å². The Morgan fingerprint density at radius 1 is 1.50 bits per heavy atom. The van der Waals surface area contributed by atoms with E-state index in [1.54, 1.807) is 0 Å². The Hall–Kier alpha value is -2.34. The molecule has 2 heterocycles. The fourth-order valence-electron chi connectivity index (χ4n) is 2.70. The van der Waals surface area contributed by atoms with Gasteiger partial charge in [0.15, 0.2) is 0 Å². The van der Waals surface area contributed by atoms with Gasteiger partial charge in [-0.1, -0.05) is 19.1 Å². The van der Waals surface area contributed by atoms with Gasteiger partial charge in [-0.25, -0.2) is 0 Å². The first-order chi connectivity index (χ1) is 10.7. The number of hydrogen-bond donors (Lipinski definition) is 1. The summed E-state index contributed by atoms with van der Waals surface area (Å²) in [5.74, 6) is 0.112. The lowest BCUT2D eigenvalue weighted by Gasteiger charge is -2.28. The van der Waals surface area contributed by atoms with Crippen LogP contribution in [0.1, 0.15) is 28.6 Å². The number of carbonyl (C=O) groups is 1. The van der Waals surface area contributed by atoms with Crippen molar-refractivity contribution < 1.29 is 14.1 Å². The first-order valence-electron chi connectivity index (χ1n) is 7.36. The fraction of sp³-hybridized carbons (Fsp3) is 0.375. The Morgan fingerprint density at radius 2 is 2.36 bits per heavy atom. The number of anilines is 1. The summed E-state index contributed by atoms with van der Waals surface area (Å²) in [4.78, 5) is 14.6. The Balaban J connectivity index is 1.80. The lowest BCUT2D eigenvalue weighted by molar-refractivity contribution is 0.0987. The number of fused-ring (bicyclic) bond motifs is 1. The quantitative estimate of drug-likeness (QED) is 0.938. The van der Waals surface area contributed by atoms with Crippen molar-refractivity contribution in [2.24, 2.45) is 0 Å². The van der Waals surface area contributed by atoms with Gasteiger partial charge in [0.1, 0.15) is 0 Å². The first kappa shape index (κ1) is 14.6. The molecule has 0 saturated carbocycles. The maximum Gasteiger partial charge on any atom is 0.294 e. The van der Waals surface area contributed by atoms with E-state index in [9.17, 15) is 4.79 Å². The Bertz CT molecular complexity index is 681. The van der Waals surface area contributed by atoms with E-state index in [-0.39, 0.29) is 11.7 Å². The molecule has 1 aromatic carbocycles. The zero-order chi connectivity index (χ0) is 15.5. The summed E-state index contributed by atoms with van der Waals surface area (Å²) in [5, 5.41) is 6.55. The first-order valence-corrected chi connectivity index (χ1v) is 7.36. The molecule has 0 unspecified atom stereocenters. The fourth-order valence-corrected chi connectivity index (χ4v) is 2.70. The summed E-state index contributed by atoms with van der Waals surface area (Å²) in [6.45, 7) is 5.12. The number of rotatable bonds is 4. The van der Waals surface area contributed by atoms with Crippen molar-refractivity contribution in [3.8, 4) is 5.88 Å². The number of carbonyl (C=O) groups excluding carboxylic acids is 1. The van der Waals surface area contributed by atoms with Crippen LogP contribution in [0.5, 0.6) is 5.88 Å². The highest BCUT2D eigenvalue weighted by Gasteiger charge is 2.20. The largest absolute Gasteiger partial charge is 0.479 e. The van der Waals surface area contributed by atoms with Gasteiger partial charge in [0, 0.05) is 18.8 Å². The second-order valence-electron chi connectivity index (χ2n) is 5.25. The number of likely N-dealkylation sites (N-methyl/N-ethyl adjacent to an activating group) is 1. The van der Waals surface area contributed by atoms with Crippen LogP contribution in [0.3, 0.4) is 0 Å². The monoisotopic (exact) mass is 301 g/mol. The minimum absolute atomic E-state index is 0.139. The van der Waals surface area contributed by atoms with E-state index < -0.39 is 0 Å². The molecule has 1 aliphatic heterocycles. The second-order valence-corrected chi connectivity index (χ2v) is 5.25. The van der Waals surface area contributed by atoms with Crippen LogP contribution >= 0.6 is 0 Å². The molecule has 1 N–H and O–H groups in total. The van der Waals surface area contributed by atoms with Crippen LogP contribution in [-0.4, -0.2) is 36.2 Å². The molecular formula is C16H19N3O3. The maximum atomic E-state index is 12.2. The number of nitrogens with one attached hydrogen (secondary N) is 1. The summed E-state index contributed by atoms with van der Waals surface area (Å²) >= 11 is 0. The maximum absolute atomic E-state index is 12.2. The summed E-state index contributed by atoms with van der Waals surface area (Å²) in [7, 11) is 1.48. The van der Waals surface area contributed by atoms with Crippen molar-refractivity contribution in [1.29, 1.82) is 0 Å². The molecule has 0 bridgehead atoms. The van der Waals surface area contributed by atoms with E-state index in [2.05, 4.69) is 28.4 Å². The van der Waals surface area contributed by atoms with Crippen LogP contribution in [0.25, 0.3) is 0 Å². The Morgan fingerprint density at radius 3 is 3.09 bits per heavy atom. The van der Waals surface area contributed by atoms with E-state index >= 15 is 0 Å². The van der Waals surface area contributed by atoms with Gasteiger partial charge >= 0.3 is 0 Å². The Labute approximate surface area is 129 Å². The van der Waals surface area contributed by atoms with Crippen molar-refractivity contribution in [2.45, 2.75) is 19.9 Å². The van der Waals surface area contributed by atoms with Crippen LogP contribution in [0, 0.1) is 0 Å². The standard InChI is InChI=1S/C16H19N3O3/c1-3-19-8-7-12-11(10-19)5-4-6-13(12)17-16(20)14-9-15(21-2)18-22-14/h4-6,9H,3,7-8,10H2,1-2H3,(H,17,20). The number of methoxy groups -OCH3 is 1. The average Bonchev–Trinajstić information content (AvgIpc) is 3.03. The van der Waals surface area contributed by atoms with Gasteiger partial charge in [-0.05, 0) is 35.3 Å². The summed E-state index contributed by atoms with van der Waals surface area (Å²) in [5.41, 5.74) is 3.31. The van der Waals surface area contributed by atoms with Gasteiger partial charge in [-0.2, -0.15) is 0 Å². The molecule has 6 nitrogen and oxygen atoms in total. The third-order valence-corrected chi connectivity index (χ3v) is 3.96.